The summed E-state index contributed by atoms with van der Waals surface area (Å²) in [5.41, 5.74) is 0. The van der Waals surface area contributed by atoms with Crippen molar-refractivity contribution < 1.29 is 9.59 Å². The molecule has 88 valence electrons. The maximum atomic E-state index is 11.4. The van der Waals surface area contributed by atoms with Crippen molar-refractivity contribution in [2.24, 2.45) is 5.92 Å². The van der Waals surface area contributed by atoms with Crippen molar-refractivity contribution in [1.29, 1.82) is 0 Å². The number of amides is 1. The van der Waals surface area contributed by atoms with E-state index in [1.54, 1.807) is 6.92 Å². The summed E-state index contributed by atoms with van der Waals surface area (Å²) in [5, 5.41) is 2.63. The molecule has 0 radical (unpaired) electrons. The first kappa shape index (κ1) is 12.7. The summed E-state index contributed by atoms with van der Waals surface area (Å²) in [6.07, 6.45) is 6.76. The number of nitrogens with one attached hydrogen (secondary N) is 1. The third-order valence-corrected chi connectivity index (χ3v) is 2.92. The van der Waals surface area contributed by atoms with E-state index in [0.29, 0.717) is 6.54 Å². The van der Waals surface area contributed by atoms with Crippen LogP contribution in [-0.4, -0.2) is 42.8 Å². The highest BCUT2D eigenvalue weighted by molar-refractivity contribution is 5.79. The van der Waals surface area contributed by atoms with E-state index in [-0.39, 0.29) is 24.2 Å². The summed E-state index contributed by atoms with van der Waals surface area (Å²) >= 11 is 0. The molecule has 1 heterocycles. The quantitative estimate of drug-likeness (QED) is 0.683. The summed E-state index contributed by atoms with van der Waals surface area (Å²) in [4.78, 5) is 24.6. The number of terminal acetylenes is 1. The monoisotopic (exact) mass is 222 g/mol. The van der Waals surface area contributed by atoms with Gasteiger partial charge in [0.25, 0.3) is 0 Å². The molecule has 4 heteroatoms. The van der Waals surface area contributed by atoms with Crippen molar-refractivity contribution in [3.63, 3.8) is 0 Å². The molecule has 1 aliphatic rings. The lowest BCUT2D eigenvalue weighted by Crippen LogP contribution is -2.42. The maximum absolute atomic E-state index is 11.4. The molecule has 0 spiro atoms. The molecule has 0 unspecified atom stereocenters. The fourth-order valence-electron chi connectivity index (χ4n) is 1.91. The minimum atomic E-state index is -0.0424. The van der Waals surface area contributed by atoms with Crippen LogP contribution in [0.25, 0.3) is 0 Å². The smallest absolute Gasteiger partial charge is 0.234 e. The van der Waals surface area contributed by atoms with E-state index in [1.807, 2.05) is 0 Å². The Bertz CT molecular complexity index is 299. The van der Waals surface area contributed by atoms with Crippen molar-refractivity contribution in [3.05, 3.63) is 0 Å². The van der Waals surface area contributed by atoms with E-state index in [9.17, 15) is 9.59 Å². The van der Waals surface area contributed by atoms with E-state index in [0.717, 1.165) is 25.9 Å². The Morgan fingerprint density at radius 2 is 2.06 bits per heavy atom. The van der Waals surface area contributed by atoms with Gasteiger partial charge in [0, 0.05) is 5.92 Å². The van der Waals surface area contributed by atoms with Crippen LogP contribution < -0.4 is 5.32 Å². The highest BCUT2D eigenvalue weighted by Crippen LogP contribution is 2.17. The predicted molar refractivity (Wildman–Crippen MR) is 61.7 cm³/mol. The molecule has 1 saturated heterocycles. The SMILES string of the molecule is C#CCNC(=O)CN1CCC(C(C)=O)CC1. The number of nitrogens with zero attached hydrogens (tertiary/aromatic N) is 1. The molecule has 0 aromatic heterocycles. The van der Waals surface area contributed by atoms with E-state index in [1.165, 1.54) is 0 Å². The van der Waals surface area contributed by atoms with Gasteiger partial charge in [-0.3, -0.25) is 14.5 Å². The molecule has 0 aliphatic carbocycles. The fraction of sp³-hybridized carbons (Fsp3) is 0.667. The maximum Gasteiger partial charge on any atom is 0.234 e. The summed E-state index contributed by atoms with van der Waals surface area (Å²) < 4.78 is 0. The van der Waals surface area contributed by atoms with Crippen molar-refractivity contribution >= 4 is 11.7 Å². The zero-order valence-corrected chi connectivity index (χ0v) is 9.66. The number of likely N-dealkylation sites (tertiary alicyclic amines) is 1. The average molecular weight is 222 g/mol. The molecule has 0 aromatic carbocycles. The highest BCUT2D eigenvalue weighted by atomic mass is 16.2. The second-order valence-corrected chi connectivity index (χ2v) is 4.14. The molecule has 0 bridgehead atoms. The third kappa shape index (κ3) is 4.03. The van der Waals surface area contributed by atoms with Crippen molar-refractivity contribution in [2.75, 3.05) is 26.2 Å². The zero-order chi connectivity index (χ0) is 12.0. The molecule has 0 atom stereocenters. The number of hydrogen-bond donors (Lipinski definition) is 1. The molecular formula is C12H18N2O2. The van der Waals surface area contributed by atoms with Crippen LogP contribution in [0.5, 0.6) is 0 Å². The Morgan fingerprint density at radius 3 is 2.56 bits per heavy atom. The van der Waals surface area contributed by atoms with E-state index >= 15 is 0 Å². The Kier molecular flexibility index (Phi) is 5.00. The highest BCUT2D eigenvalue weighted by Gasteiger charge is 2.23. The zero-order valence-electron chi connectivity index (χ0n) is 9.66. The number of carbonyl (C=O) groups is 2. The minimum Gasteiger partial charge on any atom is -0.344 e. The summed E-state index contributed by atoms with van der Waals surface area (Å²) in [5.74, 6) is 2.77. The van der Waals surface area contributed by atoms with Gasteiger partial charge in [-0.25, -0.2) is 0 Å². The molecule has 4 nitrogen and oxygen atoms in total. The van der Waals surface area contributed by atoms with Gasteiger partial charge in [-0.2, -0.15) is 0 Å². The molecule has 1 fully saturated rings. The first-order valence-electron chi connectivity index (χ1n) is 5.56. The standard InChI is InChI=1S/C12H18N2O2/c1-3-6-13-12(16)9-14-7-4-11(5-8-14)10(2)15/h1,11H,4-9H2,2H3,(H,13,16). The number of rotatable bonds is 4. The van der Waals surface area contributed by atoms with Gasteiger partial charge in [0.05, 0.1) is 13.1 Å². The van der Waals surface area contributed by atoms with Gasteiger partial charge in [0.2, 0.25) is 5.91 Å². The van der Waals surface area contributed by atoms with Gasteiger partial charge >= 0.3 is 0 Å². The molecular weight excluding hydrogens is 204 g/mol. The second kappa shape index (κ2) is 6.29. The van der Waals surface area contributed by atoms with Crippen LogP contribution in [0, 0.1) is 18.3 Å². The van der Waals surface area contributed by atoms with E-state index in [2.05, 4.69) is 16.1 Å². The molecule has 0 aromatic rings. The van der Waals surface area contributed by atoms with Crippen LogP contribution >= 0.6 is 0 Å². The number of piperidine rings is 1. The van der Waals surface area contributed by atoms with E-state index in [4.69, 9.17) is 6.42 Å². The van der Waals surface area contributed by atoms with Crippen LogP contribution in [0.2, 0.25) is 0 Å². The Labute approximate surface area is 96.4 Å². The molecule has 16 heavy (non-hydrogen) atoms. The molecule has 1 aliphatic heterocycles. The topological polar surface area (TPSA) is 49.4 Å². The second-order valence-electron chi connectivity index (χ2n) is 4.14. The Morgan fingerprint density at radius 1 is 1.44 bits per heavy atom. The number of hydrogen-bond acceptors (Lipinski definition) is 3. The van der Waals surface area contributed by atoms with Gasteiger partial charge in [0.1, 0.15) is 5.78 Å². The van der Waals surface area contributed by atoms with Crippen molar-refractivity contribution in [3.8, 4) is 12.3 Å². The predicted octanol–water partition coefficient (Wildman–Crippen LogP) is 0.0368. The van der Waals surface area contributed by atoms with Gasteiger partial charge in [-0.15, -0.1) is 6.42 Å². The molecule has 1 rings (SSSR count). The lowest BCUT2D eigenvalue weighted by Gasteiger charge is -2.30. The summed E-state index contributed by atoms with van der Waals surface area (Å²) in [6, 6.07) is 0. The average Bonchev–Trinajstić information content (AvgIpc) is 2.27. The van der Waals surface area contributed by atoms with Crippen LogP contribution in [0.4, 0.5) is 0 Å². The Balaban J connectivity index is 2.24. The fourth-order valence-corrected chi connectivity index (χ4v) is 1.91. The first-order chi connectivity index (χ1) is 7.63. The van der Waals surface area contributed by atoms with Crippen LogP contribution in [0.3, 0.4) is 0 Å². The van der Waals surface area contributed by atoms with E-state index < -0.39 is 0 Å². The van der Waals surface area contributed by atoms with Gasteiger partial charge < -0.3 is 5.32 Å². The molecule has 1 N–H and O–H groups in total. The van der Waals surface area contributed by atoms with Crippen LogP contribution in [0.1, 0.15) is 19.8 Å². The lowest BCUT2D eigenvalue weighted by molar-refractivity contribution is -0.123. The van der Waals surface area contributed by atoms with Crippen LogP contribution in [-0.2, 0) is 9.59 Å². The Hall–Kier alpha value is -1.34. The van der Waals surface area contributed by atoms with Crippen molar-refractivity contribution in [2.45, 2.75) is 19.8 Å². The minimum absolute atomic E-state index is 0.0424. The summed E-state index contributed by atoms with van der Waals surface area (Å²) in [7, 11) is 0. The van der Waals surface area contributed by atoms with Crippen molar-refractivity contribution in [1.82, 2.24) is 10.2 Å². The van der Waals surface area contributed by atoms with Gasteiger partial charge in [-0.05, 0) is 32.9 Å². The lowest BCUT2D eigenvalue weighted by atomic mass is 9.93. The number of carbonyl (C=O) groups excluding carboxylic acids is 2. The summed E-state index contributed by atoms with van der Waals surface area (Å²) in [6.45, 7) is 3.93. The van der Waals surface area contributed by atoms with Gasteiger partial charge in [-0.1, -0.05) is 5.92 Å². The first-order valence-corrected chi connectivity index (χ1v) is 5.56. The van der Waals surface area contributed by atoms with Gasteiger partial charge in [0.15, 0.2) is 0 Å². The third-order valence-electron chi connectivity index (χ3n) is 2.92. The molecule has 0 saturated carbocycles. The van der Waals surface area contributed by atoms with Crippen LogP contribution in [0.15, 0.2) is 0 Å². The molecule has 1 amide bonds. The normalized spacial score (nSPS) is 17.8. The number of ketones is 1. The number of Topliss-reactive ketones (excluding diaryl/α,β-unsaturated/α-hetero) is 1. The largest absolute Gasteiger partial charge is 0.344 e.